The average Bonchev–Trinajstić information content (AvgIpc) is 2.65. The Morgan fingerprint density at radius 1 is 0.250 bits per heavy atom. The maximum Gasteiger partial charge on any atom is 0.212 e. The van der Waals surface area contributed by atoms with Crippen LogP contribution in [0.15, 0.2) is 183 Å². The second kappa shape index (κ2) is 32.2. The second-order valence-corrected chi connectivity index (χ2v) is 24.9. The first kappa shape index (κ1) is 69.0. The lowest BCUT2D eigenvalue weighted by Gasteiger charge is -2.11. The number of pyridine rings is 5. The maximum absolute atomic E-state index is 2.35. The molecular weight excluding hydrogens is 1070 g/mol. The molecule has 10 rings (SSSR count). The number of hydrogen-bond donors (Lipinski definition) is 0. The number of hydrogen-bond acceptors (Lipinski definition) is 0. The molecule has 0 spiro atoms. The molecule has 0 unspecified atom stereocenters. The van der Waals surface area contributed by atoms with E-state index in [0.29, 0.717) is 11.8 Å². The van der Waals surface area contributed by atoms with Gasteiger partial charge in [0.25, 0.3) is 0 Å². The summed E-state index contributed by atoms with van der Waals surface area (Å²) in [4.78, 5) is 0. The monoisotopic (exact) mass is 1170 g/mol. The molecular formula is C83H106N5+5. The summed E-state index contributed by atoms with van der Waals surface area (Å²) >= 11 is 0. The lowest BCUT2D eigenvalue weighted by molar-refractivity contribution is -0.661. The summed E-state index contributed by atoms with van der Waals surface area (Å²) in [6.07, 6.45) is 15.6. The third kappa shape index (κ3) is 17.3. The molecule has 5 aromatic carbocycles. The van der Waals surface area contributed by atoms with Crippen LogP contribution in [0.2, 0.25) is 0 Å². The van der Waals surface area contributed by atoms with Crippen molar-refractivity contribution in [2.24, 2.45) is 35.2 Å². The van der Waals surface area contributed by atoms with E-state index < -0.39 is 0 Å². The number of rotatable bonds is 11. The number of aromatic nitrogens is 5. The van der Waals surface area contributed by atoms with Crippen molar-refractivity contribution in [1.82, 2.24) is 0 Å². The van der Waals surface area contributed by atoms with Crippen molar-refractivity contribution in [2.45, 2.75) is 155 Å². The molecule has 0 bridgehead atoms. The average molecular weight is 1170 g/mol. The minimum atomic E-state index is 0.564. The van der Waals surface area contributed by atoms with E-state index in [0.717, 1.165) is 25.7 Å². The Labute approximate surface area is 532 Å². The number of benzene rings is 5. The van der Waals surface area contributed by atoms with Crippen molar-refractivity contribution in [3.05, 3.63) is 266 Å². The quantitative estimate of drug-likeness (QED) is 0.115. The predicted octanol–water partition coefficient (Wildman–Crippen LogP) is 18.2. The molecule has 0 saturated carbocycles. The standard InChI is InChI=1S/3C17H22N.2C16H20N/c1-12(2)16-10-17(18(5)11-14(16)4)15-9-7-6-8-13(15)3;1-12(2)16-11-18(5)17(10-14(16)4)15-9-7-6-8-13(15)3;1-5-14-11-17(18(4)12-15(14)6-2)16-10-8-7-9-13(16)3;1-5-14-10-16(17(4)11-13(14)3)15-9-7-6-8-12(15)2;1-5-14-11-17(4)16(10-13(14)3)15-9-7-6-8-12(15)2/h2*6-12H,1-5H3;7-12H,5-6H2,1-4H3;2*6-11H,5H2,1-4H3/q5*+1. The Bertz CT molecular complexity index is 3970. The first-order chi connectivity index (χ1) is 41.9. The minimum absolute atomic E-state index is 0.564. The third-order valence-corrected chi connectivity index (χ3v) is 17.5. The summed E-state index contributed by atoms with van der Waals surface area (Å²) in [5.74, 6) is 1.14. The highest BCUT2D eigenvalue weighted by Crippen LogP contribution is 2.29. The van der Waals surface area contributed by atoms with Gasteiger partial charge in [-0.05, 0) is 186 Å². The summed E-state index contributed by atoms with van der Waals surface area (Å²) in [5, 5.41) is 0. The molecule has 5 aromatic heterocycles. The van der Waals surface area contributed by atoms with Crippen molar-refractivity contribution < 1.29 is 22.8 Å². The first-order valence-electron chi connectivity index (χ1n) is 32.2. The fourth-order valence-corrected chi connectivity index (χ4v) is 12.2. The van der Waals surface area contributed by atoms with Crippen LogP contribution in [0.3, 0.4) is 0 Å². The van der Waals surface area contributed by atoms with Gasteiger partial charge >= 0.3 is 0 Å². The number of nitrogens with zero attached hydrogens (tertiary/aromatic N) is 5. The Hall–Kier alpha value is -8.15. The van der Waals surface area contributed by atoms with Gasteiger partial charge in [0.05, 0.1) is 0 Å². The summed E-state index contributed by atoms with van der Waals surface area (Å²) in [6.45, 7) is 37.5. The highest BCUT2D eigenvalue weighted by Gasteiger charge is 2.21. The zero-order valence-corrected chi connectivity index (χ0v) is 58.0. The van der Waals surface area contributed by atoms with Crippen LogP contribution in [0.25, 0.3) is 56.3 Å². The zero-order chi connectivity index (χ0) is 64.5. The molecule has 88 heavy (non-hydrogen) atoms. The Morgan fingerprint density at radius 3 is 0.886 bits per heavy atom. The molecule has 5 nitrogen and oxygen atoms in total. The fourth-order valence-electron chi connectivity index (χ4n) is 12.2. The largest absolute Gasteiger partial charge is 0.212 e. The molecule has 0 radical (unpaired) electrons. The van der Waals surface area contributed by atoms with E-state index in [1.54, 1.807) is 0 Å². The summed E-state index contributed by atoms with van der Waals surface area (Å²) in [7, 11) is 10.6. The normalized spacial score (nSPS) is 10.8. The Balaban J connectivity index is 0.000000176. The van der Waals surface area contributed by atoms with Crippen molar-refractivity contribution in [2.75, 3.05) is 0 Å². The highest BCUT2D eigenvalue weighted by atomic mass is 14.9. The molecule has 0 saturated heterocycles. The fraction of sp³-hybridized carbons (Fsp3) is 0.337. The summed E-state index contributed by atoms with van der Waals surface area (Å²) in [5.41, 5.74) is 33.9. The molecule has 10 aromatic rings. The van der Waals surface area contributed by atoms with Crippen LogP contribution in [0.4, 0.5) is 0 Å². The smallest absolute Gasteiger partial charge is 0.201 e. The summed E-state index contributed by atoms with van der Waals surface area (Å²) < 4.78 is 11.2. The van der Waals surface area contributed by atoms with Gasteiger partial charge < -0.3 is 0 Å². The van der Waals surface area contributed by atoms with Crippen LogP contribution in [0.1, 0.15) is 151 Å². The van der Waals surface area contributed by atoms with E-state index in [4.69, 9.17) is 0 Å². The van der Waals surface area contributed by atoms with E-state index in [1.165, 1.54) is 140 Å². The van der Waals surface area contributed by atoms with Crippen LogP contribution < -0.4 is 22.8 Å². The number of aryl methyl sites for hydroxylation is 18. The minimum Gasteiger partial charge on any atom is -0.201 e. The van der Waals surface area contributed by atoms with Crippen LogP contribution >= 0.6 is 0 Å². The van der Waals surface area contributed by atoms with Gasteiger partial charge in [-0.25, -0.2) is 22.8 Å². The van der Waals surface area contributed by atoms with Crippen LogP contribution in [0.5, 0.6) is 0 Å². The third-order valence-electron chi connectivity index (χ3n) is 17.5. The molecule has 5 heterocycles. The molecule has 5 heteroatoms. The predicted molar refractivity (Wildman–Crippen MR) is 374 cm³/mol. The topological polar surface area (TPSA) is 19.4 Å². The van der Waals surface area contributed by atoms with Gasteiger partial charge in [0.15, 0.2) is 31.0 Å². The first-order valence-corrected chi connectivity index (χ1v) is 32.2. The molecule has 0 N–H and O–H groups in total. The van der Waals surface area contributed by atoms with Crippen LogP contribution in [-0.2, 0) is 60.9 Å². The van der Waals surface area contributed by atoms with Gasteiger partial charge in [-0.1, -0.05) is 146 Å². The van der Waals surface area contributed by atoms with Gasteiger partial charge in [-0.3, -0.25) is 0 Å². The maximum atomic E-state index is 2.35. The Kier molecular flexibility index (Phi) is 25.2. The molecule has 0 atom stereocenters. The van der Waals surface area contributed by atoms with Gasteiger partial charge in [0.1, 0.15) is 35.2 Å². The molecule has 0 amide bonds. The lowest BCUT2D eigenvalue weighted by atomic mass is 9.96. The van der Waals surface area contributed by atoms with E-state index in [9.17, 15) is 0 Å². The van der Waals surface area contributed by atoms with Crippen molar-refractivity contribution >= 4 is 0 Å². The van der Waals surface area contributed by atoms with Gasteiger partial charge in [-0.15, -0.1) is 0 Å². The molecule has 458 valence electrons. The van der Waals surface area contributed by atoms with Gasteiger partial charge in [0, 0.05) is 86.0 Å². The summed E-state index contributed by atoms with van der Waals surface area (Å²) in [6, 6.07) is 54.4. The van der Waals surface area contributed by atoms with Crippen LogP contribution in [-0.4, -0.2) is 0 Å². The lowest BCUT2D eigenvalue weighted by Crippen LogP contribution is -2.32. The van der Waals surface area contributed by atoms with Crippen molar-refractivity contribution in [3.63, 3.8) is 0 Å². The SMILES string of the molecule is CCc1c[n+](C)c(-c2ccccc2C)cc1C.CCc1cc(-c2ccccc2C)[n+](C)cc1C.CCc1cc(-c2ccccc2C)[n+](C)cc1CC.Cc1ccccc1-c1cc(C(C)C)c(C)c[n+]1C.Cc1ccccc1-c1cc(C)c(C(C)C)c[n+]1C. The van der Waals surface area contributed by atoms with Crippen molar-refractivity contribution in [3.8, 4) is 56.3 Å². The van der Waals surface area contributed by atoms with E-state index in [2.05, 4.69) is 358 Å². The second-order valence-electron chi connectivity index (χ2n) is 24.9. The van der Waals surface area contributed by atoms with Gasteiger partial charge in [0.2, 0.25) is 28.5 Å². The molecule has 0 aliphatic heterocycles. The zero-order valence-electron chi connectivity index (χ0n) is 58.0. The van der Waals surface area contributed by atoms with Crippen molar-refractivity contribution in [1.29, 1.82) is 0 Å². The molecule has 0 fully saturated rings. The highest BCUT2D eigenvalue weighted by molar-refractivity contribution is 5.65. The van der Waals surface area contributed by atoms with E-state index in [-0.39, 0.29) is 0 Å². The molecule has 0 aliphatic carbocycles. The van der Waals surface area contributed by atoms with E-state index >= 15 is 0 Å². The van der Waals surface area contributed by atoms with Crippen LogP contribution in [0, 0.1) is 62.3 Å². The molecule has 0 aliphatic rings. The Morgan fingerprint density at radius 2 is 0.534 bits per heavy atom. The van der Waals surface area contributed by atoms with Gasteiger partial charge in [-0.2, -0.15) is 0 Å². The van der Waals surface area contributed by atoms with E-state index in [1.807, 2.05) is 0 Å².